The predicted molar refractivity (Wildman–Crippen MR) is 84.3 cm³/mol. The third-order valence-electron chi connectivity index (χ3n) is 3.78. The second-order valence-corrected chi connectivity index (χ2v) is 5.64. The summed E-state index contributed by atoms with van der Waals surface area (Å²) in [6.45, 7) is 6.05. The monoisotopic (exact) mass is 283 g/mol. The lowest BCUT2D eigenvalue weighted by Crippen LogP contribution is -2.01. The molecule has 4 heteroatoms. The summed E-state index contributed by atoms with van der Waals surface area (Å²) in [5.74, 6) is 0.585. The fourth-order valence-electron chi connectivity index (χ4n) is 2.50. The predicted octanol–water partition coefficient (Wildman–Crippen LogP) is 4.18. The smallest absolute Gasteiger partial charge is 0.205 e. The summed E-state index contributed by atoms with van der Waals surface area (Å²) >= 11 is 0. The quantitative estimate of drug-likeness (QED) is 0.766. The molecule has 0 fully saturated rings. The Labute approximate surface area is 123 Å². The Morgan fingerprint density at radius 3 is 2.43 bits per heavy atom. The van der Waals surface area contributed by atoms with Crippen molar-refractivity contribution in [1.82, 2.24) is 9.55 Å². The van der Waals surface area contributed by atoms with Crippen LogP contribution in [-0.2, 0) is 0 Å². The third kappa shape index (κ3) is 2.27. The number of hydrogen-bond donors (Lipinski definition) is 1. The van der Waals surface area contributed by atoms with E-state index in [1.807, 2.05) is 16.7 Å². The molecule has 0 radical (unpaired) electrons. The van der Waals surface area contributed by atoms with Crippen LogP contribution in [0.1, 0.15) is 30.9 Å². The number of nitrogens with two attached hydrogens (primary N) is 1. The zero-order chi connectivity index (χ0) is 15.1. The molecule has 108 valence electrons. The average Bonchev–Trinajstić information content (AvgIpc) is 2.75. The van der Waals surface area contributed by atoms with Gasteiger partial charge in [-0.2, -0.15) is 0 Å². The summed E-state index contributed by atoms with van der Waals surface area (Å²) in [5, 5.41) is 0. The number of imidazole rings is 1. The first-order valence-corrected chi connectivity index (χ1v) is 7.02. The van der Waals surface area contributed by atoms with Gasteiger partial charge in [-0.1, -0.05) is 26.0 Å². The van der Waals surface area contributed by atoms with Crippen molar-refractivity contribution in [3.8, 4) is 5.69 Å². The van der Waals surface area contributed by atoms with Gasteiger partial charge >= 0.3 is 0 Å². The van der Waals surface area contributed by atoms with E-state index in [9.17, 15) is 4.39 Å². The lowest BCUT2D eigenvalue weighted by atomic mass is 10.0. The highest BCUT2D eigenvalue weighted by atomic mass is 19.1. The van der Waals surface area contributed by atoms with Gasteiger partial charge in [0.2, 0.25) is 5.95 Å². The van der Waals surface area contributed by atoms with E-state index in [1.54, 1.807) is 13.0 Å². The van der Waals surface area contributed by atoms with Gasteiger partial charge in [0.05, 0.1) is 11.0 Å². The maximum Gasteiger partial charge on any atom is 0.205 e. The maximum atomic E-state index is 13.6. The van der Waals surface area contributed by atoms with Gasteiger partial charge in [0.15, 0.2) is 0 Å². The maximum absolute atomic E-state index is 13.6. The van der Waals surface area contributed by atoms with Gasteiger partial charge < -0.3 is 5.73 Å². The Morgan fingerprint density at radius 2 is 1.81 bits per heavy atom. The summed E-state index contributed by atoms with van der Waals surface area (Å²) in [5.41, 5.74) is 10.2. The minimum atomic E-state index is -0.262. The fourth-order valence-corrected chi connectivity index (χ4v) is 2.50. The minimum Gasteiger partial charge on any atom is -0.369 e. The van der Waals surface area contributed by atoms with Gasteiger partial charge in [0.1, 0.15) is 5.82 Å². The standard InChI is InChI=1S/C17H18FN3/c1-10(2)12-4-6-13(7-5-12)21-16-8-11(3)14(18)9-15(16)20-17(21)19/h4-10H,1-3H3,(H2,19,20). The van der Waals surface area contributed by atoms with E-state index in [1.165, 1.54) is 11.6 Å². The molecular formula is C17H18FN3. The van der Waals surface area contributed by atoms with Crippen molar-refractivity contribution in [3.05, 3.63) is 53.3 Å². The topological polar surface area (TPSA) is 43.8 Å². The molecule has 21 heavy (non-hydrogen) atoms. The number of anilines is 1. The van der Waals surface area contributed by atoms with Crippen molar-refractivity contribution in [2.24, 2.45) is 0 Å². The van der Waals surface area contributed by atoms with E-state index in [0.717, 1.165) is 11.2 Å². The van der Waals surface area contributed by atoms with Crippen LogP contribution in [0.3, 0.4) is 0 Å². The molecule has 3 nitrogen and oxygen atoms in total. The number of hydrogen-bond acceptors (Lipinski definition) is 2. The van der Waals surface area contributed by atoms with Crippen LogP contribution < -0.4 is 5.73 Å². The Hall–Kier alpha value is -2.36. The lowest BCUT2D eigenvalue weighted by Gasteiger charge is -2.10. The van der Waals surface area contributed by atoms with Crippen LogP contribution in [0.4, 0.5) is 10.3 Å². The van der Waals surface area contributed by atoms with E-state index in [2.05, 4.69) is 31.0 Å². The molecule has 2 aromatic carbocycles. The van der Waals surface area contributed by atoms with Gasteiger partial charge in [0.25, 0.3) is 0 Å². The Balaban J connectivity index is 2.19. The van der Waals surface area contributed by atoms with Crippen molar-refractivity contribution >= 4 is 17.0 Å². The molecule has 0 unspecified atom stereocenters. The number of fused-ring (bicyclic) bond motifs is 1. The van der Waals surface area contributed by atoms with Crippen molar-refractivity contribution in [2.45, 2.75) is 26.7 Å². The van der Waals surface area contributed by atoms with Crippen LogP contribution in [0, 0.1) is 12.7 Å². The molecule has 2 N–H and O–H groups in total. The van der Waals surface area contributed by atoms with E-state index in [4.69, 9.17) is 5.73 Å². The lowest BCUT2D eigenvalue weighted by molar-refractivity contribution is 0.620. The fraction of sp³-hybridized carbons (Fsp3) is 0.235. The molecule has 3 rings (SSSR count). The SMILES string of the molecule is Cc1cc2c(cc1F)nc(N)n2-c1ccc(C(C)C)cc1. The van der Waals surface area contributed by atoms with Gasteiger partial charge in [-0.25, -0.2) is 9.37 Å². The van der Waals surface area contributed by atoms with Crippen LogP contribution in [0.15, 0.2) is 36.4 Å². The minimum absolute atomic E-state index is 0.262. The number of aryl methyl sites for hydroxylation is 1. The molecule has 3 aromatic rings. The van der Waals surface area contributed by atoms with Crippen molar-refractivity contribution < 1.29 is 4.39 Å². The van der Waals surface area contributed by atoms with Crippen LogP contribution in [0.5, 0.6) is 0 Å². The number of nitrogens with zero attached hydrogens (tertiary/aromatic N) is 2. The first kappa shape index (κ1) is 13.6. The molecule has 0 spiro atoms. The van der Waals surface area contributed by atoms with Gasteiger partial charge in [-0.3, -0.25) is 4.57 Å². The summed E-state index contributed by atoms with van der Waals surface area (Å²) < 4.78 is 15.5. The molecule has 0 aliphatic heterocycles. The number of nitrogen functional groups attached to an aromatic ring is 1. The van der Waals surface area contributed by atoms with Gasteiger partial charge in [-0.05, 0) is 42.2 Å². The van der Waals surface area contributed by atoms with Crippen molar-refractivity contribution in [1.29, 1.82) is 0 Å². The van der Waals surface area contributed by atoms with Crippen LogP contribution in [0.25, 0.3) is 16.7 Å². The number of halogens is 1. The zero-order valence-electron chi connectivity index (χ0n) is 12.4. The van der Waals surface area contributed by atoms with Crippen LogP contribution in [0.2, 0.25) is 0 Å². The summed E-state index contributed by atoms with van der Waals surface area (Å²) in [6.07, 6.45) is 0. The van der Waals surface area contributed by atoms with E-state index < -0.39 is 0 Å². The molecule has 0 bridgehead atoms. The summed E-state index contributed by atoms with van der Waals surface area (Å²) in [6, 6.07) is 11.4. The molecule has 1 heterocycles. The van der Waals surface area contributed by atoms with Crippen LogP contribution >= 0.6 is 0 Å². The Morgan fingerprint density at radius 1 is 1.14 bits per heavy atom. The third-order valence-corrected chi connectivity index (χ3v) is 3.78. The molecule has 0 atom stereocenters. The number of benzene rings is 2. The van der Waals surface area contributed by atoms with Gasteiger partial charge in [-0.15, -0.1) is 0 Å². The highest BCUT2D eigenvalue weighted by molar-refractivity contribution is 5.81. The first-order chi connectivity index (χ1) is 9.97. The molecule has 0 amide bonds. The second-order valence-electron chi connectivity index (χ2n) is 5.64. The highest BCUT2D eigenvalue weighted by Gasteiger charge is 2.12. The van der Waals surface area contributed by atoms with Gasteiger partial charge in [0, 0.05) is 11.8 Å². The second kappa shape index (κ2) is 4.88. The van der Waals surface area contributed by atoms with Crippen LogP contribution in [-0.4, -0.2) is 9.55 Å². The molecule has 1 aromatic heterocycles. The zero-order valence-corrected chi connectivity index (χ0v) is 12.4. The largest absolute Gasteiger partial charge is 0.369 e. The molecule has 0 saturated carbocycles. The average molecular weight is 283 g/mol. The normalized spacial score (nSPS) is 11.5. The number of aromatic nitrogens is 2. The summed E-state index contributed by atoms with van der Waals surface area (Å²) in [7, 11) is 0. The molecular weight excluding hydrogens is 265 g/mol. The molecule has 0 aliphatic rings. The Kier molecular flexibility index (Phi) is 3.16. The van der Waals surface area contributed by atoms with E-state index in [-0.39, 0.29) is 5.82 Å². The number of rotatable bonds is 2. The van der Waals surface area contributed by atoms with E-state index >= 15 is 0 Å². The van der Waals surface area contributed by atoms with Crippen molar-refractivity contribution in [2.75, 3.05) is 5.73 Å². The van der Waals surface area contributed by atoms with Crippen molar-refractivity contribution in [3.63, 3.8) is 0 Å². The highest BCUT2D eigenvalue weighted by Crippen LogP contribution is 2.26. The molecule has 0 aliphatic carbocycles. The first-order valence-electron chi connectivity index (χ1n) is 7.02. The summed E-state index contributed by atoms with van der Waals surface area (Å²) in [4.78, 5) is 4.25. The van der Waals surface area contributed by atoms with E-state index in [0.29, 0.717) is 22.9 Å². The Bertz CT molecular complexity index is 801. The molecule has 0 saturated heterocycles.